The van der Waals surface area contributed by atoms with E-state index in [2.05, 4.69) is 5.32 Å². The minimum Gasteiger partial charge on any atom is -0.372 e. The van der Waals surface area contributed by atoms with Crippen molar-refractivity contribution < 1.29 is 9.18 Å². The van der Waals surface area contributed by atoms with E-state index in [1.54, 1.807) is 23.9 Å². The van der Waals surface area contributed by atoms with Crippen molar-refractivity contribution in [1.29, 1.82) is 0 Å². The number of benzene rings is 2. The maximum absolute atomic E-state index is 13.0. The Morgan fingerprint density at radius 2 is 1.90 bits per heavy atom. The smallest absolute Gasteiger partial charge is 0.152 e. The number of halogens is 1. The van der Waals surface area contributed by atoms with Crippen LogP contribution in [0.15, 0.2) is 64.5 Å². The van der Waals surface area contributed by atoms with Gasteiger partial charge < -0.3 is 10.1 Å². The topological polar surface area (TPSA) is 29.1 Å². The molecular weight excluding hydrogens is 305 g/mol. The highest BCUT2D eigenvalue weighted by molar-refractivity contribution is 8.09. The fourth-order valence-electron chi connectivity index (χ4n) is 1.96. The third-order valence-electron chi connectivity index (χ3n) is 2.95. The molecule has 1 N–H and O–H groups in total. The molecule has 0 aliphatic carbocycles. The van der Waals surface area contributed by atoms with Gasteiger partial charge in [-0.05, 0) is 30.3 Å². The van der Waals surface area contributed by atoms with E-state index in [1.165, 1.54) is 23.9 Å². The lowest BCUT2D eigenvalue weighted by Gasteiger charge is -2.09. The SMILES string of the molecule is O=CC1NC=C(c2ccccc2Sc2ccc(F)cc2)S1. The van der Waals surface area contributed by atoms with Crippen molar-refractivity contribution in [3.05, 3.63) is 66.1 Å². The zero-order chi connectivity index (χ0) is 14.7. The highest BCUT2D eigenvalue weighted by Crippen LogP contribution is 2.40. The van der Waals surface area contributed by atoms with Crippen LogP contribution in [0.25, 0.3) is 4.91 Å². The van der Waals surface area contributed by atoms with Crippen LogP contribution in [0.2, 0.25) is 0 Å². The second-order valence-electron chi connectivity index (χ2n) is 4.40. The summed E-state index contributed by atoms with van der Waals surface area (Å²) < 4.78 is 13.0. The lowest BCUT2D eigenvalue weighted by molar-refractivity contribution is -0.107. The van der Waals surface area contributed by atoms with E-state index in [0.29, 0.717) is 0 Å². The normalized spacial score (nSPS) is 17.2. The lowest BCUT2D eigenvalue weighted by atomic mass is 10.2. The van der Waals surface area contributed by atoms with Crippen LogP contribution >= 0.6 is 23.5 Å². The molecule has 0 radical (unpaired) electrons. The number of rotatable bonds is 4. The van der Waals surface area contributed by atoms with Gasteiger partial charge in [0.05, 0.1) is 0 Å². The molecule has 0 saturated heterocycles. The molecule has 0 spiro atoms. The first-order valence-corrected chi connectivity index (χ1v) is 8.07. The van der Waals surface area contributed by atoms with Gasteiger partial charge in [-0.2, -0.15) is 0 Å². The van der Waals surface area contributed by atoms with Gasteiger partial charge in [-0.3, -0.25) is 0 Å². The summed E-state index contributed by atoms with van der Waals surface area (Å²) in [5, 5.41) is 2.81. The molecule has 2 aromatic carbocycles. The van der Waals surface area contributed by atoms with Crippen LogP contribution in [0.5, 0.6) is 0 Å². The van der Waals surface area contributed by atoms with Gasteiger partial charge in [-0.25, -0.2) is 4.39 Å². The molecule has 1 unspecified atom stereocenters. The number of hydrogen-bond acceptors (Lipinski definition) is 4. The van der Waals surface area contributed by atoms with Crippen LogP contribution < -0.4 is 5.32 Å². The van der Waals surface area contributed by atoms with E-state index in [4.69, 9.17) is 0 Å². The van der Waals surface area contributed by atoms with Crippen LogP contribution in [0, 0.1) is 5.82 Å². The van der Waals surface area contributed by atoms with Gasteiger partial charge in [-0.15, -0.1) is 0 Å². The van der Waals surface area contributed by atoms with Crippen molar-refractivity contribution in [3.63, 3.8) is 0 Å². The Morgan fingerprint density at radius 3 is 2.62 bits per heavy atom. The summed E-state index contributed by atoms with van der Waals surface area (Å²) in [6, 6.07) is 14.4. The van der Waals surface area contributed by atoms with Gasteiger partial charge >= 0.3 is 0 Å². The Hall–Kier alpha value is -1.72. The predicted octanol–water partition coefficient (Wildman–Crippen LogP) is 4.14. The summed E-state index contributed by atoms with van der Waals surface area (Å²) in [5.74, 6) is -0.236. The minimum absolute atomic E-state index is 0.219. The number of hydrogen-bond donors (Lipinski definition) is 1. The van der Waals surface area contributed by atoms with Gasteiger partial charge in [0.25, 0.3) is 0 Å². The first-order chi connectivity index (χ1) is 10.3. The van der Waals surface area contributed by atoms with Crippen LogP contribution in [-0.2, 0) is 4.79 Å². The number of thioether (sulfide) groups is 1. The first-order valence-electron chi connectivity index (χ1n) is 6.37. The van der Waals surface area contributed by atoms with Crippen molar-refractivity contribution in [2.45, 2.75) is 15.2 Å². The number of carbonyl (C=O) groups is 1. The molecule has 1 heterocycles. The molecule has 0 amide bonds. The molecule has 21 heavy (non-hydrogen) atoms. The molecule has 0 saturated carbocycles. The Bertz CT molecular complexity index is 685. The summed E-state index contributed by atoms with van der Waals surface area (Å²) in [7, 11) is 0. The van der Waals surface area contributed by atoms with Gasteiger partial charge in [0.1, 0.15) is 11.2 Å². The van der Waals surface area contributed by atoms with Crippen LogP contribution in [0.4, 0.5) is 4.39 Å². The Balaban J connectivity index is 1.86. The molecule has 0 fully saturated rings. The highest BCUT2D eigenvalue weighted by atomic mass is 32.2. The van der Waals surface area contributed by atoms with E-state index < -0.39 is 0 Å². The van der Waals surface area contributed by atoms with E-state index >= 15 is 0 Å². The molecule has 3 rings (SSSR count). The molecule has 0 aromatic heterocycles. The Labute approximate surface area is 130 Å². The van der Waals surface area contributed by atoms with Crippen LogP contribution in [0.1, 0.15) is 5.56 Å². The Kier molecular flexibility index (Phi) is 4.31. The van der Waals surface area contributed by atoms with Crippen molar-refractivity contribution in [1.82, 2.24) is 5.32 Å². The summed E-state index contributed by atoms with van der Waals surface area (Å²) in [6.45, 7) is 0. The van der Waals surface area contributed by atoms with Gasteiger partial charge in [0.15, 0.2) is 6.29 Å². The average molecular weight is 317 g/mol. The summed E-state index contributed by atoms with van der Waals surface area (Å²) in [5.41, 5.74) is 1.08. The predicted molar refractivity (Wildman–Crippen MR) is 85.5 cm³/mol. The highest BCUT2D eigenvalue weighted by Gasteiger charge is 2.19. The molecule has 1 atom stereocenters. The summed E-state index contributed by atoms with van der Waals surface area (Å²) in [4.78, 5) is 13.9. The fraction of sp³-hybridized carbons (Fsp3) is 0.0625. The lowest BCUT2D eigenvalue weighted by Crippen LogP contribution is -2.16. The molecule has 1 aliphatic rings. The van der Waals surface area contributed by atoms with Crippen molar-refractivity contribution in [2.24, 2.45) is 0 Å². The minimum atomic E-state index is -0.236. The van der Waals surface area contributed by atoms with E-state index in [0.717, 1.165) is 26.5 Å². The van der Waals surface area contributed by atoms with Crippen molar-refractivity contribution >= 4 is 34.7 Å². The van der Waals surface area contributed by atoms with E-state index in [1.807, 2.05) is 30.5 Å². The van der Waals surface area contributed by atoms with Crippen LogP contribution in [0.3, 0.4) is 0 Å². The first kappa shape index (κ1) is 14.2. The number of carbonyl (C=O) groups excluding carboxylic acids is 1. The second-order valence-corrected chi connectivity index (χ2v) is 6.70. The zero-order valence-electron chi connectivity index (χ0n) is 11.0. The maximum atomic E-state index is 13.0. The van der Waals surface area contributed by atoms with E-state index in [9.17, 15) is 9.18 Å². The average Bonchev–Trinajstić information content (AvgIpc) is 2.99. The van der Waals surface area contributed by atoms with Gasteiger partial charge in [0.2, 0.25) is 0 Å². The third kappa shape index (κ3) is 3.31. The molecule has 0 bridgehead atoms. The summed E-state index contributed by atoms with van der Waals surface area (Å²) >= 11 is 3.08. The second kappa shape index (κ2) is 6.37. The Morgan fingerprint density at radius 1 is 1.14 bits per heavy atom. The maximum Gasteiger partial charge on any atom is 0.152 e. The fourth-order valence-corrected chi connectivity index (χ4v) is 3.89. The van der Waals surface area contributed by atoms with Crippen molar-refractivity contribution in [3.8, 4) is 0 Å². The van der Waals surface area contributed by atoms with Gasteiger partial charge in [-0.1, -0.05) is 41.7 Å². The molecule has 2 nitrogen and oxygen atoms in total. The third-order valence-corrected chi connectivity index (χ3v) is 5.13. The van der Waals surface area contributed by atoms with Crippen LogP contribution in [-0.4, -0.2) is 11.7 Å². The largest absolute Gasteiger partial charge is 0.372 e. The van der Waals surface area contributed by atoms with E-state index in [-0.39, 0.29) is 11.2 Å². The summed E-state index contributed by atoms with van der Waals surface area (Å²) in [6.07, 6.45) is 2.76. The van der Waals surface area contributed by atoms with Gasteiger partial charge in [0, 0.05) is 26.5 Å². The molecule has 106 valence electrons. The monoisotopic (exact) mass is 317 g/mol. The molecular formula is C16H12FNOS2. The quantitative estimate of drug-likeness (QED) is 0.858. The standard InChI is InChI=1S/C16H12FNOS2/c17-11-5-7-12(8-6-11)20-14-4-2-1-3-13(14)15-9-18-16(10-19)21-15/h1-10,16,18H. The molecule has 2 aromatic rings. The zero-order valence-corrected chi connectivity index (χ0v) is 12.6. The number of nitrogens with one attached hydrogen (secondary N) is 1. The molecule has 1 aliphatic heterocycles. The molecule has 5 heteroatoms. The number of aldehydes is 1. The van der Waals surface area contributed by atoms with Crippen molar-refractivity contribution in [2.75, 3.05) is 0 Å².